The molecule has 140 valence electrons. The molecule has 0 radical (unpaired) electrons. The van der Waals surface area contributed by atoms with E-state index < -0.39 is 0 Å². The Morgan fingerprint density at radius 1 is 1.19 bits per heavy atom. The Balaban J connectivity index is 1.77. The summed E-state index contributed by atoms with van der Waals surface area (Å²) in [4.78, 5) is 5.96. The van der Waals surface area contributed by atoms with Crippen LogP contribution in [0.25, 0.3) is 11.1 Å². The van der Waals surface area contributed by atoms with Gasteiger partial charge in [-0.15, -0.1) is 0 Å². The first-order chi connectivity index (χ1) is 13.0. The number of aliphatic imine (C=N–C) groups is 1. The second-order valence-corrected chi connectivity index (χ2v) is 6.62. The molecule has 3 aromatic rings. The molecule has 2 aromatic carbocycles. The van der Waals surface area contributed by atoms with Gasteiger partial charge in [-0.05, 0) is 17.2 Å². The fourth-order valence-corrected chi connectivity index (χ4v) is 2.73. The van der Waals surface area contributed by atoms with Crippen molar-refractivity contribution < 1.29 is 8.91 Å². The summed E-state index contributed by atoms with van der Waals surface area (Å²) in [5, 5.41) is 4.03. The SMILES string of the molecule is CC(c1ccc(-c2ccccc2)c(F)c1)c1cc(CN=C(N)N(C)C)no1. The second-order valence-electron chi connectivity index (χ2n) is 6.62. The number of guanidine groups is 1. The fraction of sp³-hybridized carbons (Fsp3) is 0.238. The number of nitrogens with two attached hydrogens (primary N) is 1. The van der Waals surface area contributed by atoms with Gasteiger partial charge >= 0.3 is 0 Å². The molecule has 5 nitrogen and oxygen atoms in total. The van der Waals surface area contributed by atoms with E-state index in [0.29, 0.717) is 29.5 Å². The van der Waals surface area contributed by atoms with E-state index in [0.717, 1.165) is 11.1 Å². The Hall–Kier alpha value is -3.15. The predicted octanol–water partition coefficient (Wildman–Crippen LogP) is 4.01. The fourth-order valence-electron chi connectivity index (χ4n) is 2.73. The summed E-state index contributed by atoms with van der Waals surface area (Å²) in [6.45, 7) is 2.29. The van der Waals surface area contributed by atoms with Gasteiger partial charge in [0.2, 0.25) is 0 Å². The van der Waals surface area contributed by atoms with Crippen LogP contribution < -0.4 is 5.73 Å². The molecule has 1 atom stereocenters. The van der Waals surface area contributed by atoms with Gasteiger partial charge in [-0.1, -0.05) is 54.5 Å². The summed E-state index contributed by atoms with van der Waals surface area (Å²) in [6.07, 6.45) is 0. The standard InChI is InChI=1S/C21H23FN4O/c1-14(20-12-17(25-27-20)13-24-21(23)26(2)3)16-9-10-18(19(22)11-16)15-7-5-4-6-8-15/h4-12,14H,13H2,1-3H3,(H2,23,24). The molecule has 3 rings (SSSR count). The lowest BCUT2D eigenvalue weighted by atomic mass is 9.95. The van der Waals surface area contributed by atoms with E-state index in [2.05, 4.69) is 10.1 Å². The van der Waals surface area contributed by atoms with E-state index >= 15 is 0 Å². The van der Waals surface area contributed by atoms with Gasteiger partial charge in [-0.3, -0.25) is 0 Å². The quantitative estimate of drug-likeness (QED) is 0.547. The molecule has 0 aliphatic heterocycles. The van der Waals surface area contributed by atoms with Crippen LogP contribution in [0.4, 0.5) is 4.39 Å². The van der Waals surface area contributed by atoms with Gasteiger partial charge in [0.1, 0.15) is 17.3 Å². The molecule has 0 spiro atoms. The van der Waals surface area contributed by atoms with E-state index in [9.17, 15) is 4.39 Å². The number of hydrogen-bond donors (Lipinski definition) is 1. The van der Waals surface area contributed by atoms with E-state index in [4.69, 9.17) is 10.3 Å². The molecular weight excluding hydrogens is 343 g/mol. The van der Waals surface area contributed by atoms with E-state index in [1.165, 1.54) is 0 Å². The maximum Gasteiger partial charge on any atom is 0.191 e. The number of benzene rings is 2. The maximum absolute atomic E-state index is 14.6. The average Bonchev–Trinajstić information content (AvgIpc) is 3.15. The van der Waals surface area contributed by atoms with Crippen LogP contribution in [0.5, 0.6) is 0 Å². The summed E-state index contributed by atoms with van der Waals surface area (Å²) in [5.41, 5.74) is 8.72. The highest BCUT2D eigenvalue weighted by Crippen LogP contribution is 2.29. The molecule has 1 heterocycles. The summed E-state index contributed by atoms with van der Waals surface area (Å²) < 4.78 is 20.1. The van der Waals surface area contributed by atoms with Gasteiger partial charge in [-0.2, -0.15) is 0 Å². The molecule has 1 unspecified atom stereocenters. The van der Waals surface area contributed by atoms with Crippen molar-refractivity contribution in [3.05, 3.63) is 77.4 Å². The molecule has 0 saturated carbocycles. The zero-order valence-electron chi connectivity index (χ0n) is 15.7. The Morgan fingerprint density at radius 2 is 1.93 bits per heavy atom. The lowest BCUT2D eigenvalue weighted by molar-refractivity contribution is 0.370. The van der Waals surface area contributed by atoms with Crippen LogP contribution in [0.2, 0.25) is 0 Å². The van der Waals surface area contributed by atoms with E-state index in [-0.39, 0.29) is 11.7 Å². The van der Waals surface area contributed by atoms with Gasteiger partial charge in [-0.25, -0.2) is 9.38 Å². The number of nitrogens with zero attached hydrogens (tertiary/aromatic N) is 3. The van der Waals surface area contributed by atoms with Crippen LogP contribution in [0.3, 0.4) is 0 Å². The first-order valence-corrected chi connectivity index (χ1v) is 8.73. The molecule has 2 N–H and O–H groups in total. The second kappa shape index (κ2) is 8.03. The lowest BCUT2D eigenvalue weighted by Gasteiger charge is -2.11. The van der Waals surface area contributed by atoms with Crippen molar-refractivity contribution in [2.24, 2.45) is 10.7 Å². The minimum Gasteiger partial charge on any atom is -0.370 e. The van der Waals surface area contributed by atoms with Crippen molar-refractivity contribution in [2.75, 3.05) is 14.1 Å². The van der Waals surface area contributed by atoms with Crippen molar-refractivity contribution in [2.45, 2.75) is 19.4 Å². The molecule has 1 aromatic heterocycles. The molecule has 0 saturated heterocycles. The molecular formula is C21H23FN4O. The van der Waals surface area contributed by atoms with E-state index in [1.54, 1.807) is 17.0 Å². The molecule has 0 aliphatic rings. The van der Waals surface area contributed by atoms with Gasteiger partial charge in [0.15, 0.2) is 5.96 Å². The van der Waals surface area contributed by atoms with Crippen LogP contribution in [-0.4, -0.2) is 30.1 Å². The van der Waals surface area contributed by atoms with Crippen LogP contribution in [0.15, 0.2) is 64.1 Å². The first-order valence-electron chi connectivity index (χ1n) is 8.73. The maximum atomic E-state index is 14.6. The van der Waals surface area contributed by atoms with Crippen molar-refractivity contribution in [3.63, 3.8) is 0 Å². The van der Waals surface area contributed by atoms with Gasteiger partial charge < -0.3 is 15.2 Å². The van der Waals surface area contributed by atoms with Gasteiger partial charge in [0, 0.05) is 31.6 Å². The number of rotatable bonds is 5. The topological polar surface area (TPSA) is 67.7 Å². The van der Waals surface area contributed by atoms with Gasteiger partial charge in [0.05, 0.1) is 6.54 Å². The zero-order valence-corrected chi connectivity index (χ0v) is 15.7. The monoisotopic (exact) mass is 366 g/mol. The van der Waals surface area contributed by atoms with Crippen LogP contribution in [0, 0.1) is 5.82 Å². The van der Waals surface area contributed by atoms with Crippen LogP contribution >= 0.6 is 0 Å². The molecule has 0 bridgehead atoms. The third-order valence-corrected chi connectivity index (χ3v) is 4.44. The molecule has 6 heteroatoms. The third-order valence-electron chi connectivity index (χ3n) is 4.44. The van der Waals surface area contributed by atoms with Crippen molar-refractivity contribution in [1.82, 2.24) is 10.1 Å². The largest absolute Gasteiger partial charge is 0.370 e. The smallest absolute Gasteiger partial charge is 0.191 e. The lowest BCUT2D eigenvalue weighted by Crippen LogP contribution is -2.30. The minimum atomic E-state index is -0.256. The number of hydrogen-bond acceptors (Lipinski definition) is 3. The van der Waals surface area contributed by atoms with Gasteiger partial charge in [0.25, 0.3) is 0 Å². The molecule has 0 amide bonds. The predicted molar refractivity (Wildman–Crippen MR) is 105 cm³/mol. The highest BCUT2D eigenvalue weighted by Gasteiger charge is 2.16. The highest BCUT2D eigenvalue weighted by atomic mass is 19.1. The average molecular weight is 366 g/mol. The highest BCUT2D eigenvalue weighted by molar-refractivity contribution is 5.77. The summed E-state index contributed by atoms with van der Waals surface area (Å²) in [6, 6.07) is 16.6. The van der Waals surface area contributed by atoms with Crippen LogP contribution in [-0.2, 0) is 6.54 Å². The number of halogens is 1. The minimum absolute atomic E-state index is 0.124. The normalized spacial score (nSPS) is 12.8. The van der Waals surface area contributed by atoms with Crippen LogP contribution in [0.1, 0.15) is 29.9 Å². The first kappa shape index (κ1) is 18.6. The summed E-state index contributed by atoms with van der Waals surface area (Å²) >= 11 is 0. The Labute approximate surface area is 158 Å². The molecule has 27 heavy (non-hydrogen) atoms. The summed E-state index contributed by atoms with van der Waals surface area (Å²) in [7, 11) is 3.64. The third kappa shape index (κ3) is 4.34. The number of aromatic nitrogens is 1. The Morgan fingerprint density at radius 3 is 2.59 bits per heavy atom. The van der Waals surface area contributed by atoms with E-state index in [1.807, 2.05) is 63.5 Å². The Bertz CT molecular complexity index is 934. The molecule has 0 fully saturated rings. The molecule has 0 aliphatic carbocycles. The summed E-state index contributed by atoms with van der Waals surface area (Å²) in [5.74, 6) is 0.705. The van der Waals surface area contributed by atoms with Crippen molar-refractivity contribution in [3.8, 4) is 11.1 Å². The van der Waals surface area contributed by atoms with Crippen molar-refractivity contribution >= 4 is 5.96 Å². The Kier molecular flexibility index (Phi) is 5.54. The van der Waals surface area contributed by atoms with Crippen molar-refractivity contribution in [1.29, 1.82) is 0 Å². The zero-order chi connectivity index (χ0) is 19.4.